The van der Waals surface area contributed by atoms with Crippen LogP contribution in [0, 0.1) is 0 Å². The maximum Gasteiger partial charge on any atom is 0.323 e. The van der Waals surface area contributed by atoms with E-state index in [1.165, 1.54) is 7.11 Å². The molecule has 21 heavy (non-hydrogen) atoms. The number of esters is 1. The first-order valence-corrected chi connectivity index (χ1v) is 6.68. The molecule has 0 spiro atoms. The first-order chi connectivity index (χ1) is 9.79. The number of nitrogens with one attached hydrogen (secondary N) is 1. The summed E-state index contributed by atoms with van der Waals surface area (Å²) in [7, 11) is 1.42. The van der Waals surface area contributed by atoms with Crippen molar-refractivity contribution in [3.05, 3.63) is 71.8 Å². The highest BCUT2D eigenvalue weighted by molar-refractivity contribution is 5.85. The fraction of sp³-hybridized carbons (Fsp3) is 0.235. The van der Waals surface area contributed by atoms with E-state index >= 15 is 0 Å². The average molecular weight is 306 g/mol. The molecule has 0 aliphatic heterocycles. The second-order valence-corrected chi connectivity index (χ2v) is 4.63. The summed E-state index contributed by atoms with van der Waals surface area (Å²) in [4.78, 5) is 11.9. The molecule has 0 amide bonds. The topological polar surface area (TPSA) is 38.3 Å². The van der Waals surface area contributed by atoms with Crippen molar-refractivity contribution in [1.29, 1.82) is 0 Å². The largest absolute Gasteiger partial charge is 0.468 e. The van der Waals surface area contributed by atoms with Crippen molar-refractivity contribution in [1.82, 2.24) is 5.32 Å². The highest BCUT2D eigenvalue weighted by atomic mass is 35.5. The van der Waals surface area contributed by atoms with Gasteiger partial charge in [-0.05, 0) is 17.5 Å². The van der Waals surface area contributed by atoms with Gasteiger partial charge in [-0.25, -0.2) is 0 Å². The van der Waals surface area contributed by atoms with Crippen molar-refractivity contribution in [2.75, 3.05) is 7.11 Å². The highest BCUT2D eigenvalue weighted by Crippen LogP contribution is 2.06. The van der Waals surface area contributed by atoms with E-state index in [9.17, 15) is 4.79 Å². The number of carbonyl (C=O) groups excluding carboxylic acids is 1. The summed E-state index contributed by atoms with van der Waals surface area (Å²) in [5.74, 6) is -0.232. The van der Waals surface area contributed by atoms with Crippen LogP contribution in [0.25, 0.3) is 0 Å². The molecule has 1 N–H and O–H groups in total. The molecule has 0 bridgehead atoms. The first kappa shape index (κ1) is 17.2. The highest BCUT2D eigenvalue weighted by Gasteiger charge is 2.18. The van der Waals surface area contributed by atoms with Crippen LogP contribution in [0.4, 0.5) is 0 Å². The fourth-order valence-electron chi connectivity index (χ4n) is 2.07. The molecule has 1 unspecified atom stereocenters. The summed E-state index contributed by atoms with van der Waals surface area (Å²) >= 11 is 0. The summed E-state index contributed by atoms with van der Waals surface area (Å²) in [6.45, 7) is 0.646. The molecule has 0 saturated carbocycles. The van der Waals surface area contributed by atoms with Gasteiger partial charge in [-0.15, -0.1) is 12.4 Å². The zero-order chi connectivity index (χ0) is 14.2. The van der Waals surface area contributed by atoms with Crippen LogP contribution in [0.2, 0.25) is 0 Å². The van der Waals surface area contributed by atoms with E-state index in [1.807, 2.05) is 60.7 Å². The Hall–Kier alpha value is -1.84. The van der Waals surface area contributed by atoms with Crippen molar-refractivity contribution >= 4 is 18.4 Å². The summed E-state index contributed by atoms with van der Waals surface area (Å²) < 4.78 is 4.87. The summed E-state index contributed by atoms with van der Waals surface area (Å²) in [5, 5.41) is 3.26. The second kappa shape index (κ2) is 9.16. The Bertz CT molecular complexity index is 531. The molecule has 2 rings (SSSR count). The zero-order valence-electron chi connectivity index (χ0n) is 12.0. The molecule has 0 aliphatic carbocycles. The maximum atomic E-state index is 11.9. The molecule has 0 fully saturated rings. The number of ether oxygens (including phenoxy) is 1. The molecule has 0 heterocycles. The van der Waals surface area contributed by atoms with Crippen molar-refractivity contribution in [2.24, 2.45) is 0 Å². The van der Waals surface area contributed by atoms with E-state index in [4.69, 9.17) is 4.74 Å². The van der Waals surface area contributed by atoms with Crippen LogP contribution in [0.5, 0.6) is 0 Å². The predicted molar refractivity (Wildman–Crippen MR) is 86.5 cm³/mol. The summed E-state index contributed by atoms with van der Waals surface area (Å²) in [5.41, 5.74) is 2.26. The zero-order valence-corrected chi connectivity index (χ0v) is 12.8. The summed E-state index contributed by atoms with van der Waals surface area (Å²) in [6, 6.07) is 19.6. The van der Waals surface area contributed by atoms with Crippen molar-refractivity contribution in [3.63, 3.8) is 0 Å². The third-order valence-corrected chi connectivity index (χ3v) is 3.16. The molecule has 0 saturated heterocycles. The monoisotopic (exact) mass is 305 g/mol. The van der Waals surface area contributed by atoms with Crippen LogP contribution in [-0.2, 0) is 22.5 Å². The van der Waals surface area contributed by atoms with E-state index in [-0.39, 0.29) is 24.4 Å². The van der Waals surface area contributed by atoms with Crippen LogP contribution in [-0.4, -0.2) is 19.1 Å². The average Bonchev–Trinajstić information content (AvgIpc) is 2.52. The van der Waals surface area contributed by atoms with Crippen LogP contribution in [0.1, 0.15) is 11.1 Å². The van der Waals surface area contributed by atoms with E-state index in [1.54, 1.807) is 0 Å². The summed E-state index contributed by atoms with van der Waals surface area (Å²) in [6.07, 6.45) is 0.625. The number of methoxy groups -OCH3 is 1. The SMILES string of the molecule is COC(=O)C(Cc1ccccc1)NCc1ccccc1.Cl. The van der Waals surface area contributed by atoms with Gasteiger partial charge in [0.1, 0.15) is 6.04 Å². The number of rotatable bonds is 6. The van der Waals surface area contributed by atoms with Gasteiger partial charge >= 0.3 is 5.97 Å². The van der Waals surface area contributed by atoms with Gasteiger partial charge in [-0.3, -0.25) is 4.79 Å². The van der Waals surface area contributed by atoms with Gasteiger partial charge in [-0.1, -0.05) is 60.7 Å². The van der Waals surface area contributed by atoms with Crippen LogP contribution in [0.3, 0.4) is 0 Å². The smallest absolute Gasteiger partial charge is 0.323 e. The third-order valence-electron chi connectivity index (χ3n) is 3.16. The second-order valence-electron chi connectivity index (χ2n) is 4.63. The molecule has 2 aromatic carbocycles. The molecule has 112 valence electrons. The number of carbonyl (C=O) groups is 1. The molecule has 1 atom stereocenters. The Morgan fingerprint density at radius 1 is 1.00 bits per heavy atom. The Labute approximate surface area is 131 Å². The van der Waals surface area contributed by atoms with Gasteiger partial charge < -0.3 is 10.1 Å². The van der Waals surface area contributed by atoms with E-state index in [2.05, 4.69) is 5.32 Å². The van der Waals surface area contributed by atoms with Gasteiger partial charge in [0.05, 0.1) is 7.11 Å². The minimum Gasteiger partial charge on any atom is -0.468 e. The van der Waals surface area contributed by atoms with Gasteiger partial charge in [0, 0.05) is 6.54 Å². The molecule has 0 aromatic heterocycles. The number of hydrogen-bond acceptors (Lipinski definition) is 3. The molecule has 0 aliphatic rings. The lowest BCUT2D eigenvalue weighted by atomic mass is 10.1. The predicted octanol–water partition coefficient (Wildman–Crippen LogP) is 2.98. The quantitative estimate of drug-likeness (QED) is 0.834. The fourth-order valence-corrected chi connectivity index (χ4v) is 2.07. The molecule has 2 aromatic rings. The Morgan fingerprint density at radius 2 is 1.52 bits per heavy atom. The van der Waals surface area contributed by atoms with E-state index in [0.717, 1.165) is 11.1 Å². The lowest BCUT2D eigenvalue weighted by Gasteiger charge is -2.16. The van der Waals surface area contributed by atoms with Crippen LogP contribution >= 0.6 is 12.4 Å². The Balaban J connectivity index is 0.00000220. The van der Waals surface area contributed by atoms with Crippen molar-refractivity contribution < 1.29 is 9.53 Å². The Kier molecular flexibility index (Phi) is 7.51. The van der Waals surface area contributed by atoms with Gasteiger partial charge in [0.25, 0.3) is 0 Å². The number of halogens is 1. The number of benzene rings is 2. The van der Waals surface area contributed by atoms with Gasteiger partial charge in [-0.2, -0.15) is 0 Å². The maximum absolute atomic E-state index is 11.9. The first-order valence-electron chi connectivity index (χ1n) is 6.68. The van der Waals surface area contributed by atoms with Crippen molar-refractivity contribution in [2.45, 2.75) is 19.0 Å². The van der Waals surface area contributed by atoms with Gasteiger partial charge in [0.2, 0.25) is 0 Å². The van der Waals surface area contributed by atoms with E-state index < -0.39 is 0 Å². The normalized spacial score (nSPS) is 11.3. The third kappa shape index (κ3) is 5.58. The van der Waals surface area contributed by atoms with Gasteiger partial charge in [0.15, 0.2) is 0 Å². The lowest BCUT2D eigenvalue weighted by Crippen LogP contribution is -2.39. The molecular weight excluding hydrogens is 286 g/mol. The Morgan fingerprint density at radius 3 is 2.05 bits per heavy atom. The minimum atomic E-state index is -0.331. The van der Waals surface area contributed by atoms with Crippen molar-refractivity contribution in [3.8, 4) is 0 Å². The molecule has 4 heteroatoms. The van der Waals surface area contributed by atoms with E-state index in [0.29, 0.717) is 13.0 Å². The molecule has 0 radical (unpaired) electrons. The minimum absolute atomic E-state index is 0. The standard InChI is InChI=1S/C17H19NO2.ClH/c1-20-17(19)16(12-14-8-4-2-5-9-14)18-13-15-10-6-3-7-11-15;/h2-11,16,18H,12-13H2,1H3;1H. The molecular formula is C17H20ClNO2. The van der Waals surface area contributed by atoms with Crippen LogP contribution < -0.4 is 5.32 Å². The number of hydrogen-bond donors (Lipinski definition) is 1. The molecule has 3 nitrogen and oxygen atoms in total. The lowest BCUT2D eigenvalue weighted by molar-refractivity contribution is -0.143. The van der Waals surface area contributed by atoms with Crippen LogP contribution in [0.15, 0.2) is 60.7 Å².